The molecule has 2 atom stereocenters. The van der Waals surface area contributed by atoms with Gasteiger partial charge >= 0.3 is 11.9 Å². The maximum absolute atomic E-state index is 13.3. The van der Waals surface area contributed by atoms with Crippen LogP contribution in [0.15, 0.2) is 89.6 Å². The third-order valence-electron chi connectivity index (χ3n) is 6.24. The summed E-state index contributed by atoms with van der Waals surface area (Å²) in [7, 11) is 1.32. The van der Waals surface area contributed by atoms with Gasteiger partial charge in [-0.25, -0.2) is 9.78 Å². The van der Waals surface area contributed by atoms with Gasteiger partial charge in [-0.05, 0) is 48.7 Å². The number of aliphatic imine (C=N–C) groups is 1. The highest BCUT2D eigenvalue weighted by Gasteiger charge is 2.42. The Bertz CT molecular complexity index is 1360. The first-order valence-electron chi connectivity index (χ1n) is 11.8. The number of hydrogen-bond acceptors (Lipinski definition) is 6. The van der Waals surface area contributed by atoms with Crippen molar-refractivity contribution >= 4 is 35.3 Å². The molecule has 0 spiro atoms. The van der Waals surface area contributed by atoms with Gasteiger partial charge in [-0.3, -0.25) is 9.79 Å². The van der Waals surface area contributed by atoms with E-state index in [0.29, 0.717) is 22.0 Å². The van der Waals surface area contributed by atoms with Gasteiger partial charge < -0.3 is 14.0 Å². The maximum Gasteiger partial charge on any atom is 0.336 e. The number of benzene rings is 2. The van der Waals surface area contributed by atoms with Crippen molar-refractivity contribution < 1.29 is 19.1 Å². The summed E-state index contributed by atoms with van der Waals surface area (Å²) in [6.07, 6.45) is 9.13. The van der Waals surface area contributed by atoms with Crippen molar-refractivity contribution in [1.29, 1.82) is 0 Å². The first kappa shape index (κ1) is 26.1. The van der Waals surface area contributed by atoms with Crippen molar-refractivity contribution in [3.05, 3.63) is 106 Å². The van der Waals surface area contributed by atoms with Crippen LogP contribution in [-0.4, -0.2) is 40.9 Å². The summed E-state index contributed by atoms with van der Waals surface area (Å²) < 4.78 is 12.6. The molecule has 0 aliphatic carbocycles. The Balaban J connectivity index is 1.48. The standard InChI is InChI=1S/C29H28ClN3O4/c1-19-25(28(34)36-3)27(23-7-4-8-24(30)16-23)26(20(2)32-19)29(35)37-15-5-6-21-9-11-22(12-10-21)17-33-14-13-31-18-33/h4-14,16,18,25,27H,15,17H2,1-3H3. The van der Waals surface area contributed by atoms with Crippen LogP contribution >= 0.6 is 11.6 Å². The largest absolute Gasteiger partial charge is 0.468 e. The van der Waals surface area contributed by atoms with Crippen molar-refractivity contribution in [2.75, 3.05) is 13.7 Å². The molecule has 2 unspecified atom stereocenters. The zero-order chi connectivity index (χ0) is 26.4. The minimum absolute atomic E-state index is 0.0697. The minimum atomic E-state index is -0.758. The van der Waals surface area contributed by atoms with Crippen molar-refractivity contribution in [3.8, 4) is 0 Å². The summed E-state index contributed by atoms with van der Waals surface area (Å²) in [6, 6.07) is 15.2. The number of methoxy groups -OCH3 is 1. The number of esters is 2. The fraction of sp³-hybridized carbons (Fsp3) is 0.241. The van der Waals surface area contributed by atoms with Crippen molar-refractivity contribution in [3.63, 3.8) is 0 Å². The van der Waals surface area contributed by atoms with Gasteiger partial charge in [-0.2, -0.15) is 0 Å². The van der Waals surface area contributed by atoms with Crippen LogP contribution in [0.4, 0.5) is 0 Å². The van der Waals surface area contributed by atoms with Crippen LogP contribution in [0.25, 0.3) is 6.08 Å². The Morgan fingerprint density at radius 3 is 2.59 bits per heavy atom. The van der Waals surface area contributed by atoms with E-state index in [0.717, 1.165) is 23.2 Å². The molecule has 8 heteroatoms. The first-order chi connectivity index (χ1) is 17.9. The summed E-state index contributed by atoms with van der Waals surface area (Å²) in [6.45, 7) is 4.32. The molecule has 2 heterocycles. The molecule has 0 saturated carbocycles. The topological polar surface area (TPSA) is 82.8 Å². The van der Waals surface area contributed by atoms with E-state index >= 15 is 0 Å². The number of halogens is 1. The lowest BCUT2D eigenvalue weighted by Crippen LogP contribution is -2.36. The van der Waals surface area contributed by atoms with Crippen LogP contribution in [0.3, 0.4) is 0 Å². The number of hydrogen-bond donors (Lipinski definition) is 0. The highest BCUT2D eigenvalue weighted by molar-refractivity contribution is 6.30. The molecule has 37 heavy (non-hydrogen) atoms. The summed E-state index contributed by atoms with van der Waals surface area (Å²) in [5.41, 5.74) is 4.26. The van der Waals surface area contributed by atoms with Crippen molar-refractivity contribution in [1.82, 2.24) is 9.55 Å². The van der Waals surface area contributed by atoms with Crippen LogP contribution in [0.2, 0.25) is 5.02 Å². The second-order valence-corrected chi connectivity index (χ2v) is 9.20. The molecule has 1 aromatic heterocycles. The lowest BCUT2D eigenvalue weighted by atomic mass is 9.75. The monoisotopic (exact) mass is 517 g/mol. The van der Waals surface area contributed by atoms with Gasteiger partial charge in [0.15, 0.2) is 0 Å². The van der Waals surface area contributed by atoms with E-state index < -0.39 is 23.8 Å². The fourth-order valence-corrected chi connectivity index (χ4v) is 4.70. The van der Waals surface area contributed by atoms with Gasteiger partial charge in [-0.1, -0.05) is 54.1 Å². The fourth-order valence-electron chi connectivity index (χ4n) is 4.51. The molecule has 0 saturated heterocycles. The molecule has 0 N–H and O–H groups in total. The highest BCUT2D eigenvalue weighted by atomic mass is 35.5. The van der Waals surface area contributed by atoms with E-state index in [9.17, 15) is 9.59 Å². The van der Waals surface area contributed by atoms with Crippen LogP contribution in [0, 0.1) is 5.92 Å². The molecule has 1 aliphatic rings. The third-order valence-corrected chi connectivity index (χ3v) is 6.47. The summed E-state index contributed by atoms with van der Waals surface area (Å²) in [4.78, 5) is 34.5. The second kappa shape index (κ2) is 11.8. The Morgan fingerprint density at radius 2 is 1.92 bits per heavy atom. The highest BCUT2D eigenvalue weighted by Crippen LogP contribution is 2.40. The van der Waals surface area contributed by atoms with E-state index in [1.54, 1.807) is 50.6 Å². The molecule has 0 bridgehead atoms. The molecule has 2 aromatic carbocycles. The quantitative estimate of drug-likeness (QED) is 0.370. The normalized spacial score (nSPS) is 17.6. The summed E-state index contributed by atoms with van der Waals surface area (Å²) >= 11 is 6.24. The van der Waals surface area contributed by atoms with Gasteiger partial charge in [0.1, 0.15) is 12.5 Å². The molecule has 0 amide bonds. The second-order valence-electron chi connectivity index (χ2n) is 8.76. The smallest absolute Gasteiger partial charge is 0.336 e. The Kier molecular flexibility index (Phi) is 8.36. The maximum atomic E-state index is 13.3. The van der Waals surface area contributed by atoms with Crippen LogP contribution < -0.4 is 0 Å². The van der Waals surface area contributed by atoms with Crippen molar-refractivity contribution in [2.24, 2.45) is 10.9 Å². The molecular weight excluding hydrogens is 490 g/mol. The van der Waals surface area contributed by atoms with Crippen LogP contribution in [0.5, 0.6) is 0 Å². The molecule has 0 fully saturated rings. The Labute approximate surface area is 221 Å². The zero-order valence-corrected chi connectivity index (χ0v) is 21.7. The van der Waals surface area contributed by atoms with Gasteiger partial charge in [0.2, 0.25) is 0 Å². The average Bonchev–Trinajstić information content (AvgIpc) is 3.39. The number of carbonyl (C=O) groups excluding carboxylic acids is 2. The number of ether oxygens (including phenoxy) is 2. The summed E-state index contributed by atoms with van der Waals surface area (Å²) in [5, 5.41) is 0.505. The van der Waals surface area contributed by atoms with Crippen LogP contribution in [-0.2, 0) is 25.6 Å². The number of carbonyl (C=O) groups is 2. The molecule has 1 aliphatic heterocycles. The predicted molar refractivity (Wildman–Crippen MR) is 143 cm³/mol. The van der Waals surface area contributed by atoms with Gasteiger partial charge in [0.05, 0.1) is 19.0 Å². The number of allylic oxidation sites excluding steroid dienone is 1. The minimum Gasteiger partial charge on any atom is -0.468 e. The zero-order valence-electron chi connectivity index (χ0n) is 20.9. The van der Waals surface area contributed by atoms with Gasteiger partial charge in [-0.15, -0.1) is 0 Å². The molecule has 4 rings (SSSR count). The lowest BCUT2D eigenvalue weighted by molar-refractivity contribution is -0.143. The molecular formula is C29H28ClN3O4. The number of rotatable bonds is 8. The van der Waals surface area contributed by atoms with E-state index in [1.165, 1.54) is 7.11 Å². The van der Waals surface area contributed by atoms with Crippen molar-refractivity contribution in [2.45, 2.75) is 26.3 Å². The Morgan fingerprint density at radius 1 is 1.14 bits per heavy atom. The Hall–Kier alpha value is -3.97. The summed E-state index contributed by atoms with van der Waals surface area (Å²) in [5.74, 6) is -2.39. The molecule has 0 radical (unpaired) electrons. The SMILES string of the molecule is COC(=O)C1C(C)=NC(C)=C(C(=O)OCC=Cc2ccc(Cn3ccnc3)cc2)C1c1cccc(Cl)c1. The van der Waals surface area contributed by atoms with Gasteiger partial charge in [0.25, 0.3) is 0 Å². The molecule has 190 valence electrons. The molecule has 3 aromatic rings. The number of aromatic nitrogens is 2. The van der Waals surface area contributed by atoms with Gasteiger partial charge in [0, 0.05) is 41.3 Å². The molecule has 7 nitrogen and oxygen atoms in total. The third kappa shape index (κ3) is 6.24. The van der Waals surface area contributed by atoms with Crippen LogP contribution in [0.1, 0.15) is 36.5 Å². The number of nitrogens with zero attached hydrogens (tertiary/aromatic N) is 3. The lowest BCUT2D eigenvalue weighted by Gasteiger charge is -2.31. The average molecular weight is 518 g/mol. The number of imidazole rings is 1. The first-order valence-corrected chi connectivity index (χ1v) is 12.2. The van der Waals surface area contributed by atoms with E-state index in [2.05, 4.69) is 9.98 Å². The van der Waals surface area contributed by atoms with E-state index in [1.807, 2.05) is 47.2 Å². The van der Waals surface area contributed by atoms with E-state index in [4.69, 9.17) is 21.1 Å². The van der Waals surface area contributed by atoms with E-state index in [-0.39, 0.29) is 6.61 Å². The predicted octanol–water partition coefficient (Wildman–Crippen LogP) is 5.46.